The van der Waals surface area contributed by atoms with Gasteiger partial charge in [0, 0.05) is 5.39 Å². The fourth-order valence-corrected chi connectivity index (χ4v) is 3.55. The fourth-order valence-electron chi connectivity index (χ4n) is 2.37. The number of hydrogen-bond acceptors (Lipinski definition) is 5. The van der Waals surface area contributed by atoms with Crippen LogP contribution in [0.15, 0.2) is 34.7 Å². The SMILES string of the molecule is CCc1c(-c2cc3ccccc3o2)sc(C(=O)OC)c1N. The quantitative estimate of drug-likeness (QED) is 0.740. The minimum Gasteiger partial charge on any atom is -0.465 e. The van der Waals surface area contributed by atoms with Crippen LogP contribution in [-0.4, -0.2) is 13.1 Å². The van der Waals surface area contributed by atoms with Crippen LogP contribution < -0.4 is 5.73 Å². The molecule has 0 aliphatic rings. The molecule has 2 heterocycles. The van der Waals surface area contributed by atoms with Gasteiger partial charge in [-0.3, -0.25) is 0 Å². The summed E-state index contributed by atoms with van der Waals surface area (Å²) in [6, 6.07) is 9.78. The second-order valence-corrected chi connectivity index (χ2v) is 5.67. The van der Waals surface area contributed by atoms with Gasteiger partial charge in [-0.05, 0) is 24.1 Å². The number of hydrogen-bond donors (Lipinski definition) is 1. The Morgan fingerprint density at radius 1 is 1.38 bits per heavy atom. The number of nitrogens with two attached hydrogens (primary N) is 1. The lowest BCUT2D eigenvalue weighted by molar-refractivity contribution is 0.0607. The van der Waals surface area contributed by atoms with Crippen molar-refractivity contribution in [3.8, 4) is 10.6 Å². The number of para-hydroxylation sites is 1. The van der Waals surface area contributed by atoms with Crippen LogP contribution in [0.2, 0.25) is 0 Å². The van der Waals surface area contributed by atoms with Crippen LogP contribution in [0, 0.1) is 0 Å². The van der Waals surface area contributed by atoms with Crippen LogP contribution in [0.25, 0.3) is 21.6 Å². The molecule has 0 unspecified atom stereocenters. The van der Waals surface area contributed by atoms with Gasteiger partial charge in [-0.2, -0.15) is 0 Å². The van der Waals surface area contributed by atoms with Crippen molar-refractivity contribution >= 4 is 34.0 Å². The zero-order chi connectivity index (χ0) is 15.0. The highest BCUT2D eigenvalue weighted by Gasteiger charge is 2.23. The van der Waals surface area contributed by atoms with Gasteiger partial charge in [0.1, 0.15) is 16.2 Å². The number of rotatable bonds is 3. The lowest BCUT2D eigenvalue weighted by atomic mass is 10.1. The predicted octanol–water partition coefficient (Wildman–Crippen LogP) is 4.09. The van der Waals surface area contributed by atoms with Gasteiger partial charge in [0.15, 0.2) is 0 Å². The van der Waals surface area contributed by atoms with Crippen LogP contribution in [0.3, 0.4) is 0 Å². The zero-order valence-corrected chi connectivity index (χ0v) is 12.6. The summed E-state index contributed by atoms with van der Waals surface area (Å²) >= 11 is 1.32. The summed E-state index contributed by atoms with van der Waals surface area (Å²) < 4.78 is 10.7. The number of furan rings is 1. The molecule has 0 aliphatic carbocycles. The molecule has 0 atom stereocenters. The van der Waals surface area contributed by atoms with Crippen LogP contribution in [0.4, 0.5) is 5.69 Å². The number of nitrogen functional groups attached to an aromatic ring is 1. The lowest BCUT2D eigenvalue weighted by Crippen LogP contribution is -2.02. The van der Waals surface area contributed by atoms with Crippen LogP contribution in [0.5, 0.6) is 0 Å². The van der Waals surface area contributed by atoms with Crippen molar-refractivity contribution in [2.24, 2.45) is 0 Å². The molecule has 3 aromatic rings. The van der Waals surface area contributed by atoms with Crippen LogP contribution in [-0.2, 0) is 11.2 Å². The molecular formula is C16H15NO3S. The van der Waals surface area contributed by atoms with Gasteiger partial charge in [0.05, 0.1) is 17.7 Å². The molecule has 0 spiro atoms. The number of carbonyl (C=O) groups is 1. The van der Waals surface area contributed by atoms with Gasteiger partial charge in [0.2, 0.25) is 0 Å². The standard InChI is InChI=1S/C16H15NO3S/c1-3-10-13(17)15(16(18)19-2)21-14(10)12-8-9-6-4-5-7-11(9)20-12/h4-8H,3,17H2,1-2H3. The van der Waals surface area contributed by atoms with E-state index >= 15 is 0 Å². The average Bonchev–Trinajstić information content (AvgIpc) is 3.06. The molecule has 2 N–H and O–H groups in total. The number of methoxy groups -OCH3 is 1. The topological polar surface area (TPSA) is 65.5 Å². The highest BCUT2D eigenvalue weighted by molar-refractivity contribution is 7.18. The summed E-state index contributed by atoms with van der Waals surface area (Å²) in [4.78, 5) is 13.1. The monoisotopic (exact) mass is 301 g/mol. The normalized spacial score (nSPS) is 11.0. The maximum atomic E-state index is 11.8. The first-order chi connectivity index (χ1) is 10.2. The van der Waals surface area contributed by atoms with Gasteiger partial charge in [-0.1, -0.05) is 25.1 Å². The number of carbonyl (C=O) groups excluding carboxylic acids is 1. The molecule has 5 heteroatoms. The summed E-state index contributed by atoms with van der Waals surface area (Å²) in [7, 11) is 1.36. The highest BCUT2D eigenvalue weighted by atomic mass is 32.1. The van der Waals surface area contributed by atoms with E-state index in [2.05, 4.69) is 0 Å². The zero-order valence-electron chi connectivity index (χ0n) is 11.8. The van der Waals surface area contributed by atoms with Crippen molar-refractivity contribution in [2.75, 3.05) is 12.8 Å². The fraction of sp³-hybridized carbons (Fsp3) is 0.188. The van der Waals surface area contributed by atoms with E-state index in [1.807, 2.05) is 37.3 Å². The number of thiophene rings is 1. The number of anilines is 1. The maximum Gasteiger partial charge on any atom is 0.350 e. The Hall–Kier alpha value is -2.27. The van der Waals surface area contributed by atoms with Crippen molar-refractivity contribution in [2.45, 2.75) is 13.3 Å². The van der Waals surface area contributed by atoms with E-state index in [0.29, 0.717) is 10.6 Å². The molecule has 4 nitrogen and oxygen atoms in total. The van der Waals surface area contributed by atoms with Crippen molar-refractivity contribution in [1.29, 1.82) is 0 Å². The van der Waals surface area contributed by atoms with E-state index in [1.165, 1.54) is 18.4 Å². The first-order valence-electron chi connectivity index (χ1n) is 6.64. The Kier molecular flexibility index (Phi) is 3.43. The summed E-state index contributed by atoms with van der Waals surface area (Å²) in [5.74, 6) is 0.328. The Labute approximate surface area is 126 Å². The molecule has 0 saturated heterocycles. The summed E-state index contributed by atoms with van der Waals surface area (Å²) in [5.41, 5.74) is 8.33. The van der Waals surface area contributed by atoms with Crippen molar-refractivity contribution in [1.82, 2.24) is 0 Å². The molecule has 0 fully saturated rings. The van der Waals surface area contributed by atoms with Gasteiger partial charge in [-0.15, -0.1) is 11.3 Å². The minimum atomic E-state index is -0.408. The van der Waals surface area contributed by atoms with Gasteiger partial charge < -0.3 is 14.9 Å². The number of fused-ring (bicyclic) bond motifs is 1. The molecule has 0 amide bonds. The Morgan fingerprint density at radius 2 is 2.14 bits per heavy atom. The molecule has 1 aromatic carbocycles. The number of ether oxygens (including phenoxy) is 1. The Morgan fingerprint density at radius 3 is 2.81 bits per heavy atom. The first-order valence-corrected chi connectivity index (χ1v) is 7.45. The second kappa shape index (κ2) is 5.26. The summed E-state index contributed by atoms with van der Waals surface area (Å²) in [6.07, 6.45) is 0.728. The minimum absolute atomic E-state index is 0.408. The molecule has 0 saturated carbocycles. The van der Waals surface area contributed by atoms with Gasteiger partial charge in [-0.25, -0.2) is 4.79 Å². The van der Waals surface area contributed by atoms with Crippen LogP contribution in [0.1, 0.15) is 22.2 Å². The van der Waals surface area contributed by atoms with E-state index in [-0.39, 0.29) is 0 Å². The molecule has 0 aliphatic heterocycles. The third-order valence-corrected chi connectivity index (χ3v) is 4.66. The summed E-state index contributed by atoms with van der Waals surface area (Å²) in [5, 5.41) is 1.03. The molecule has 0 bridgehead atoms. The van der Waals surface area contributed by atoms with E-state index in [9.17, 15) is 4.79 Å². The van der Waals surface area contributed by atoms with E-state index in [0.717, 1.165) is 33.6 Å². The van der Waals surface area contributed by atoms with Crippen molar-refractivity contribution in [3.05, 3.63) is 40.8 Å². The van der Waals surface area contributed by atoms with Crippen molar-refractivity contribution < 1.29 is 13.9 Å². The average molecular weight is 301 g/mol. The highest BCUT2D eigenvalue weighted by Crippen LogP contribution is 2.41. The number of esters is 1. The third-order valence-electron chi connectivity index (χ3n) is 3.42. The van der Waals surface area contributed by atoms with Gasteiger partial charge >= 0.3 is 5.97 Å². The first kappa shape index (κ1) is 13.7. The van der Waals surface area contributed by atoms with E-state index in [4.69, 9.17) is 14.9 Å². The largest absolute Gasteiger partial charge is 0.465 e. The molecule has 2 aromatic heterocycles. The molecule has 108 valence electrons. The molecular weight excluding hydrogens is 286 g/mol. The lowest BCUT2D eigenvalue weighted by Gasteiger charge is -1.99. The smallest absolute Gasteiger partial charge is 0.350 e. The van der Waals surface area contributed by atoms with Gasteiger partial charge in [0.25, 0.3) is 0 Å². The predicted molar refractivity (Wildman–Crippen MR) is 84.7 cm³/mol. The summed E-state index contributed by atoms with van der Waals surface area (Å²) in [6.45, 7) is 2.01. The van der Waals surface area contributed by atoms with E-state index < -0.39 is 5.97 Å². The van der Waals surface area contributed by atoms with Crippen molar-refractivity contribution in [3.63, 3.8) is 0 Å². The molecule has 3 rings (SSSR count). The number of benzene rings is 1. The van der Waals surface area contributed by atoms with Crippen LogP contribution >= 0.6 is 11.3 Å². The third kappa shape index (κ3) is 2.19. The second-order valence-electron chi connectivity index (χ2n) is 4.65. The maximum absolute atomic E-state index is 11.8. The Bertz CT molecular complexity index is 783. The van der Waals surface area contributed by atoms with E-state index in [1.54, 1.807) is 0 Å². The molecule has 0 radical (unpaired) electrons. The Balaban J connectivity index is 2.19. The molecule has 21 heavy (non-hydrogen) atoms.